The van der Waals surface area contributed by atoms with Gasteiger partial charge in [-0.15, -0.1) is 0 Å². The Morgan fingerprint density at radius 3 is 2.76 bits per heavy atom. The average Bonchev–Trinajstić information content (AvgIpc) is 2.41. The van der Waals surface area contributed by atoms with Crippen LogP contribution in [0, 0.1) is 11.7 Å². The SMILES string of the molecule is CC(C)Nc1cc(F)ccc1NC(=O)C1CCCC(N)C1. The van der Waals surface area contributed by atoms with Gasteiger partial charge in [0.15, 0.2) is 0 Å². The molecule has 0 saturated heterocycles. The number of nitrogens with one attached hydrogen (secondary N) is 2. The van der Waals surface area contributed by atoms with Gasteiger partial charge >= 0.3 is 0 Å². The summed E-state index contributed by atoms with van der Waals surface area (Å²) in [6, 6.07) is 4.62. The number of nitrogens with two attached hydrogens (primary N) is 1. The van der Waals surface area contributed by atoms with Crippen molar-refractivity contribution >= 4 is 17.3 Å². The maximum absolute atomic E-state index is 13.4. The summed E-state index contributed by atoms with van der Waals surface area (Å²) in [5.41, 5.74) is 7.16. The van der Waals surface area contributed by atoms with Crippen LogP contribution >= 0.6 is 0 Å². The Labute approximate surface area is 125 Å². The van der Waals surface area contributed by atoms with Crippen molar-refractivity contribution in [2.45, 2.75) is 51.6 Å². The molecule has 2 unspecified atom stereocenters. The van der Waals surface area contributed by atoms with Crippen molar-refractivity contribution in [3.05, 3.63) is 24.0 Å². The van der Waals surface area contributed by atoms with Crippen LogP contribution in [0.2, 0.25) is 0 Å². The van der Waals surface area contributed by atoms with Crippen LogP contribution in [0.4, 0.5) is 15.8 Å². The second-order valence-corrected chi connectivity index (χ2v) is 6.10. The van der Waals surface area contributed by atoms with Crippen LogP contribution in [0.1, 0.15) is 39.5 Å². The molecule has 2 atom stereocenters. The minimum atomic E-state index is -0.323. The third-order valence-corrected chi connectivity index (χ3v) is 3.77. The fraction of sp³-hybridized carbons (Fsp3) is 0.562. The molecule has 0 bridgehead atoms. The van der Waals surface area contributed by atoms with E-state index < -0.39 is 0 Å². The van der Waals surface area contributed by atoms with Crippen LogP contribution in [0.5, 0.6) is 0 Å². The van der Waals surface area contributed by atoms with Crippen molar-refractivity contribution < 1.29 is 9.18 Å². The Hall–Kier alpha value is -1.62. The molecule has 1 saturated carbocycles. The molecule has 1 aliphatic rings. The highest BCUT2D eigenvalue weighted by atomic mass is 19.1. The number of hydrogen-bond donors (Lipinski definition) is 3. The summed E-state index contributed by atoms with van der Waals surface area (Å²) < 4.78 is 13.4. The molecular formula is C16H24FN3O. The average molecular weight is 293 g/mol. The van der Waals surface area contributed by atoms with Gasteiger partial charge in [-0.25, -0.2) is 4.39 Å². The minimum absolute atomic E-state index is 0.0245. The lowest BCUT2D eigenvalue weighted by atomic mass is 9.85. The first-order chi connectivity index (χ1) is 9.95. The topological polar surface area (TPSA) is 67.1 Å². The molecule has 1 aliphatic carbocycles. The van der Waals surface area contributed by atoms with Crippen molar-refractivity contribution in [2.75, 3.05) is 10.6 Å². The van der Waals surface area contributed by atoms with Crippen LogP contribution in [0.3, 0.4) is 0 Å². The lowest BCUT2D eigenvalue weighted by Gasteiger charge is -2.26. The van der Waals surface area contributed by atoms with Crippen molar-refractivity contribution in [1.29, 1.82) is 0 Å². The van der Waals surface area contributed by atoms with E-state index in [0.717, 1.165) is 25.7 Å². The van der Waals surface area contributed by atoms with Gasteiger partial charge in [-0.2, -0.15) is 0 Å². The Kier molecular flexibility index (Phi) is 5.17. The molecule has 1 fully saturated rings. The summed E-state index contributed by atoms with van der Waals surface area (Å²) in [6.45, 7) is 3.94. The number of rotatable bonds is 4. The molecule has 4 N–H and O–H groups in total. The maximum atomic E-state index is 13.4. The van der Waals surface area contributed by atoms with Gasteiger partial charge < -0.3 is 16.4 Å². The molecule has 1 aromatic rings. The number of halogens is 1. The summed E-state index contributed by atoms with van der Waals surface area (Å²) in [6.07, 6.45) is 3.56. The molecule has 4 nitrogen and oxygen atoms in total. The third-order valence-electron chi connectivity index (χ3n) is 3.77. The molecule has 0 heterocycles. The van der Waals surface area contributed by atoms with Crippen molar-refractivity contribution in [3.8, 4) is 0 Å². The zero-order chi connectivity index (χ0) is 15.4. The summed E-state index contributed by atoms with van der Waals surface area (Å²) in [5.74, 6) is -0.398. The summed E-state index contributed by atoms with van der Waals surface area (Å²) >= 11 is 0. The van der Waals surface area contributed by atoms with Gasteiger partial charge in [-0.1, -0.05) is 6.42 Å². The Morgan fingerprint density at radius 1 is 1.33 bits per heavy atom. The number of amides is 1. The third kappa shape index (κ3) is 4.43. The van der Waals surface area contributed by atoms with Gasteiger partial charge in [-0.05, 0) is 51.3 Å². The molecule has 0 radical (unpaired) electrons. The molecule has 1 amide bonds. The van der Waals surface area contributed by atoms with Crippen molar-refractivity contribution in [3.63, 3.8) is 0 Å². The van der Waals surface area contributed by atoms with E-state index in [-0.39, 0.29) is 29.7 Å². The van der Waals surface area contributed by atoms with Gasteiger partial charge in [0.05, 0.1) is 11.4 Å². The van der Waals surface area contributed by atoms with Crippen LogP contribution in [-0.4, -0.2) is 18.0 Å². The molecule has 0 aromatic heterocycles. The van der Waals surface area contributed by atoms with Gasteiger partial charge in [0.2, 0.25) is 5.91 Å². The molecule has 116 valence electrons. The molecular weight excluding hydrogens is 269 g/mol. The Balaban J connectivity index is 2.09. The van der Waals surface area contributed by atoms with Gasteiger partial charge in [0.1, 0.15) is 5.82 Å². The van der Waals surface area contributed by atoms with Crippen molar-refractivity contribution in [1.82, 2.24) is 0 Å². The fourth-order valence-electron chi connectivity index (χ4n) is 2.76. The first kappa shape index (κ1) is 15.8. The van der Waals surface area contributed by atoms with E-state index >= 15 is 0 Å². The lowest BCUT2D eigenvalue weighted by molar-refractivity contribution is -0.120. The van der Waals surface area contributed by atoms with E-state index in [1.807, 2.05) is 13.8 Å². The molecule has 0 spiro atoms. The number of hydrogen-bond acceptors (Lipinski definition) is 3. The van der Waals surface area contributed by atoms with Crippen LogP contribution in [0.25, 0.3) is 0 Å². The smallest absolute Gasteiger partial charge is 0.227 e. The monoisotopic (exact) mass is 293 g/mol. The second-order valence-electron chi connectivity index (χ2n) is 6.10. The normalized spacial score (nSPS) is 22.1. The predicted molar refractivity (Wildman–Crippen MR) is 83.7 cm³/mol. The predicted octanol–water partition coefficient (Wildman–Crippen LogP) is 3.10. The van der Waals surface area contributed by atoms with Crippen molar-refractivity contribution in [2.24, 2.45) is 11.7 Å². The van der Waals surface area contributed by atoms with Gasteiger partial charge in [-0.3, -0.25) is 4.79 Å². The number of benzene rings is 1. The molecule has 5 heteroatoms. The zero-order valence-corrected chi connectivity index (χ0v) is 12.7. The van der Waals surface area contributed by atoms with Crippen LogP contribution in [0.15, 0.2) is 18.2 Å². The molecule has 0 aliphatic heterocycles. The van der Waals surface area contributed by atoms with Gasteiger partial charge in [0.25, 0.3) is 0 Å². The number of carbonyl (C=O) groups is 1. The van der Waals surface area contributed by atoms with Crippen LogP contribution < -0.4 is 16.4 Å². The van der Waals surface area contributed by atoms with Crippen LogP contribution in [-0.2, 0) is 4.79 Å². The van der Waals surface area contributed by atoms with Gasteiger partial charge in [0, 0.05) is 18.0 Å². The quantitative estimate of drug-likeness (QED) is 0.799. The number of carbonyl (C=O) groups excluding carboxylic acids is 1. The second kappa shape index (κ2) is 6.89. The standard InChI is InChI=1S/C16H24FN3O/c1-10(2)19-15-9-12(17)6-7-14(15)20-16(21)11-4-3-5-13(18)8-11/h6-7,9-11,13,19H,3-5,8,18H2,1-2H3,(H,20,21). The van der Waals surface area contributed by atoms with E-state index in [4.69, 9.17) is 5.73 Å². The highest BCUT2D eigenvalue weighted by Gasteiger charge is 2.25. The largest absolute Gasteiger partial charge is 0.381 e. The Morgan fingerprint density at radius 2 is 2.10 bits per heavy atom. The molecule has 1 aromatic carbocycles. The van der Waals surface area contributed by atoms with E-state index in [0.29, 0.717) is 11.4 Å². The highest BCUT2D eigenvalue weighted by Crippen LogP contribution is 2.28. The number of anilines is 2. The van der Waals surface area contributed by atoms with E-state index in [2.05, 4.69) is 10.6 Å². The maximum Gasteiger partial charge on any atom is 0.227 e. The molecule has 2 rings (SSSR count). The first-order valence-corrected chi connectivity index (χ1v) is 7.58. The summed E-state index contributed by atoms with van der Waals surface area (Å²) in [5, 5.41) is 6.06. The highest BCUT2D eigenvalue weighted by molar-refractivity contribution is 5.95. The van der Waals surface area contributed by atoms with E-state index in [1.54, 1.807) is 6.07 Å². The lowest BCUT2D eigenvalue weighted by Crippen LogP contribution is -2.34. The van der Waals surface area contributed by atoms with E-state index in [1.165, 1.54) is 12.1 Å². The van der Waals surface area contributed by atoms with E-state index in [9.17, 15) is 9.18 Å². The minimum Gasteiger partial charge on any atom is -0.381 e. The summed E-state index contributed by atoms with van der Waals surface area (Å²) in [7, 11) is 0. The molecule has 21 heavy (non-hydrogen) atoms. The Bertz CT molecular complexity index is 504. The summed E-state index contributed by atoms with van der Waals surface area (Å²) in [4.78, 5) is 12.3. The fourth-order valence-corrected chi connectivity index (χ4v) is 2.76. The first-order valence-electron chi connectivity index (χ1n) is 7.58. The zero-order valence-electron chi connectivity index (χ0n) is 12.7.